The molecular formula is C25H31N4O7P. The number of aromatic nitrogens is 3. The van der Waals surface area contributed by atoms with Crippen LogP contribution in [-0.2, 0) is 6.54 Å². The lowest BCUT2D eigenvalue weighted by atomic mass is 9.94. The number of fused-ring (bicyclic) bond motifs is 1. The summed E-state index contributed by atoms with van der Waals surface area (Å²) in [6.45, 7) is 1.09. The Hall–Kier alpha value is -3.27. The maximum absolute atomic E-state index is 13.6. The molecule has 3 aromatic rings. The summed E-state index contributed by atoms with van der Waals surface area (Å²) < 4.78 is 17.0. The predicted molar refractivity (Wildman–Crippen MR) is 140 cm³/mol. The number of carbonyl (C=O) groups is 1. The number of benzene rings is 1. The molecule has 3 heterocycles. The number of anilines is 1. The first kappa shape index (κ1) is 26.8. The monoisotopic (exact) mass is 530 g/mol. The van der Waals surface area contributed by atoms with E-state index < -0.39 is 13.9 Å². The third-order valence-electron chi connectivity index (χ3n) is 6.65. The number of Topliss-reactive ketones (excluding diaryl/α,β-unsaturated/α-hetero) is 1. The molecule has 11 nitrogen and oxygen atoms in total. The van der Waals surface area contributed by atoms with E-state index in [4.69, 9.17) is 14.2 Å². The number of pyridine rings is 1. The zero-order valence-corrected chi connectivity index (χ0v) is 22.0. The van der Waals surface area contributed by atoms with Crippen LogP contribution >= 0.6 is 8.38 Å². The minimum absolute atomic E-state index is 0.247. The summed E-state index contributed by atoms with van der Waals surface area (Å²) in [5, 5.41) is 5.20. The van der Waals surface area contributed by atoms with Gasteiger partial charge in [0.25, 0.3) is 5.56 Å². The molecule has 0 atom stereocenters. The molecule has 0 amide bonds. The van der Waals surface area contributed by atoms with Gasteiger partial charge in [0.05, 0.1) is 32.9 Å². The second kappa shape index (κ2) is 11.9. The molecule has 2 aromatic heterocycles. The zero-order valence-electron chi connectivity index (χ0n) is 21.1. The number of methoxy groups -OCH3 is 3. The molecule has 0 radical (unpaired) electrons. The van der Waals surface area contributed by atoms with Crippen LogP contribution in [-0.4, -0.2) is 70.9 Å². The van der Waals surface area contributed by atoms with Crippen molar-refractivity contribution in [2.75, 3.05) is 45.5 Å². The molecule has 4 rings (SSSR count). The fraction of sp³-hybridized carbons (Fsp3) is 0.440. The highest BCUT2D eigenvalue weighted by Gasteiger charge is 2.25. The van der Waals surface area contributed by atoms with E-state index in [2.05, 4.69) is 10.1 Å². The first-order valence-electron chi connectivity index (χ1n) is 11.9. The Bertz CT molecular complexity index is 1320. The third kappa shape index (κ3) is 6.01. The second-order valence-electron chi connectivity index (χ2n) is 8.87. The minimum atomic E-state index is -1.88. The Balaban J connectivity index is 1.63. The van der Waals surface area contributed by atoms with Gasteiger partial charge in [0.2, 0.25) is 5.88 Å². The summed E-state index contributed by atoms with van der Waals surface area (Å²) in [6.07, 6.45) is 4.41. The molecule has 12 heteroatoms. The van der Waals surface area contributed by atoms with Crippen LogP contribution in [0.1, 0.15) is 29.6 Å². The zero-order chi connectivity index (χ0) is 26.5. The van der Waals surface area contributed by atoms with Crippen LogP contribution in [0.4, 0.5) is 5.82 Å². The highest BCUT2D eigenvalue weighted by atomic mass is 31.2. The SMILES string of the molecule is COc1cc2cnn(CC(=O)c3ccc(OC)c(OC)c3)c(=O)c2c(N2CCC(CCP(O)O)CC2)n1. The van der Waals surface area contributed by atoms with Gasteiger partial charge in [-0.1, -0.05) is 0 Å². The molecule has 2 N–H and O–H groups in total. The number of ketones is 1. The Kier molecular flexibility index (Phi) is 8.58. The lowest BCUT2D eigenvalue weighted by molar-refractivity contribution is 0.0965. The smallest absolute Gasteiger partial charge is 0.278 e. The quantitative estimate of drug-likeness (QED) is 0.297. The number of ether oxygens (including phenoxy) is 3. The maximum atomic E-state index is 13.6. The van der Waals surface area contributed by atoms with Crippen LogP contribution in [0, 0.1) is 5.92 Å². The maximum Gasteiger partial charge on any atom is 0.278 e. The topological polar surface area (TPSA) is 136 Å². The molecule has 37 heavy (non-hydrogen) atoms. The van der Waals surface area contributed by atoms with Crippen molar-refractivity contribution >= 4 is 30.7 Å². The largest absolute Gasteiger partial charge is 0.493 e. The van der Waals surface area contributed by atoms with Crippen molar-refractivity contribution < 1.29 is 28.8 Å². The molecule has 1 aliphatic heterocycles. The Morgan fingerprint density at radius 3 is 2.46 bits per heavy atom. The van der Waals surface area contributed by atoms with Gasteiger partial charge in [-0.2, -0.15) is 10.1 Å². The van der Waals surface area contributed by atoms with Crippen LogP contribution in [0.15, 0.2) is 35.3 Å². The van der Waals surface area contributed by atoms with Crippen LogP contribution < -0.4 is 24.7 Å². The number of piperidine rings is 1. The van der Waals surface area contributed by atoms with E-state index in [1.165, 1.54) is 21.3 Å². The lowest BCUT2D eigenvalue weighted by Gasteiger charge is -2.33. The molecule has 0 spiro atoms. The lowest BCUT2D eigenvalue weighted by Crippen LogP contribution is -2.36. The van der Waals surface area contributed by atoms with Gasteiger partial charge in [0.15, 0.2) is 25.7 Å². The summed E-state index contributed by atoms with van der Waals surface area (Å²) in [6, 6.07) is 6.50. The van der Waals surface area contributed by atoms with E-state index in [0.29, 0.717) is 64.7 Å². The van der Waals surface area contributed by atoms with Crippen molar-refractivity contribution in [3.05, 3.63) is 46.4 Å². The van der Waals surface area contributed by atoms with Crippen LogP contribution in [0.5, 0.6) is 17.4 Å². The van der Waals surface area contributed by atoms with Crippen molar-refractivity contribution in [1.29, 1.82) is 0 Å². The van der Waals surface area contributed by atoms with Gasteiger partial charge in [0, 0.05) is 36.3 Å². The molecule has 1 aliphatic rings. The second-order valence-corrected chi connectivity index (χ2v) is 10.1. The van der Waals surface area contributed by atoms with Gasteiger partial charge in [0.1, 0.15) is 12.4 Å². The Morgan fingerprint density at radius 1 is 1.08 bits per heavy atom. The van der Waals surface area contributed by atoms with E-state index >= 15 is 0 Å². The molecular weight excluding hydrogens is 499 g/mol. The number of carbonyl (C=O) groups excluding carboxylic acids is 1. The van der Waals surface area contributed by atoms with Gasteiger partial charge in [-0.25, -0.2) is 4.68 Å². The molecule has 1 aromatic carbocycles. The molecule has 1 saturated heterocycles. The standard InChI is InChI=1S/C25H31N4O7P/c1-34-20-5-4-17(12-21(20)35-2)19(30)15-29-25(31)23-18(14-26-29)13-22(36-3)27-24(23)28-9-6-16(7-10-28)8-11-37(32)33/h4-5,12-14,16,32-33H,6-11,15H2,1-3H3. The average molecular weight is 531 g/mol. The Labute approximate surface area is 215 Å². The van der Waals surface area contributed by atoms with Gasteiger partial charge >= 0.3 is 0 Å². The highest BCUT2D eigenvalue weighted by molar-refractivity contribution is 7.45. The summed E-state index contributed by atoms with van der Waals surface area (Å²) in [5.41, 5.74) is -0.0409. The van der Waals surface area contributed by atoms with Crippen molar-refractivity contribution in [1.82, 2.24) is 14.8 Å². The predicted octanol–water partition coefficient (Wildman–Crippen LogP) is 2.60. The summed E-state index contributed by atoms with van der Waals surface area (Å²) in [5.74, 6) is 1.88. The summed E-state index contributed by atoms with van der Waals surface area (Å²) in [7, 11) is 2.64. The van der Waals surface area contributed by atoms with E-state index in [-0.39, 0.29) is 12.3 Å². The first-order valence-corrected chi connectivity index (χ1v) is 13.4. The van der Waals surface area contributed by atoms with E-state index in [9.17, 15) is 19.4 Å². The van der Waals surface area contributed by atoms with Gasteiger partial charge in [-0.3, -0.25) is 9.59 Å². The number of nitrogens with zero attached hydrogens (tertiary/aromatic N) is 4. The van der Waals surface area contributed by atoms with E-state index in [0.717, 1.165) is 23.9 Å². The number of rotatable bonds is 10. The van der Waals surface area contributed by atoms with Crippen molar-refractivity contribution in [2.45, 2.75) is 25.8 Å². The summed E-state index contributed by atoms with van der Waals surface area (Å²) in [4.78, 5) is 51.7. The fourth-order valence-corrected chi connectivity index (χ4v) is 5.17. The highest BCUT2D eigenvalue weighted by Crippen LogP contribution is 2.33. The number of hydrogen-bond donors (Lipinski definition) is 2. The van der Waals surface area contributed by atoms with Gasteiger partial charge in [-0.15, -0.1) is 0 Å². The van der Waals surface area contributed by atoms with Crippen LogP contribution in [0.2, 0.25) is 0 Å². The normalized spacial score (nSPS) is 14.3. The minimum Gasteiger partial charge on any atom is -0.493 e. The van der Waals surface area contributed by atoms with E-state index in [1.54, 1.807) is 30.5 Å². The van der Waals surface area contributed by atoms with Crippen molar-refractivity contribution in [2.24, 2.45) is 5.92 Å². The van der Waals surface area contributed by atoms with E-state index in [1.807, 2.05) is 4.90 Å². The molecule has 0 unspecified atom stereocenters. The van der Waals surface area contributed by atoms with Crippen molar-refractivity contribution in [3.8, 4) is 17.4 Å². The third-order valence-corrected chi connectivity index (χ3v) is 7.31. The molecule has 0 saturated carbocycles. The molecule has 198 valence electrons. The fourth-order valence-electron chi connectivity index (χ4n) is 4.58. The Morgan fingerprint density at radius 2 is 1.81 bits per heavy atom. The summed E-state index contributed by atoms with van der Waals surface area (Å²) >= 11 is 0. The van der Waals surface area contributed by atoms with Gasteiger partial charge < -0.3 is 28.9 Å². The van der Waals surface area contributed by atoms with Crippen molar-refractivity contribution in [3.63, 3.8) is 0 Å². The molecule has 1 fully saturated rings. The number of hydrogen-bond acceptors (Lipinski definition) is 10. The van der Waals surface area contributed by atoms with Gasteiger partial charge in [-0.05, 0) is 43.4 Å². The molecule has 0 bridgehead atoms. The molecule has 0 aliphatic carbocycles. The first-order chi connectivity index (χ1) is 17.8. The van der Waals surface area contributed by atoms with Crippen LogP contribution in [0.25, 0.3) is 10.8 Å². The average Bonchev–Trinajstić information content (AvgIpc) is 2.92. The van der Waals surface area contributed by atoms with Crippen LogP contribution in [0.3, 0.4) is 0 Å².